The van der Waals surface area contributed by atoms with Crippen molar-refractivity contribution in [2.45, 2.75) is 51.2 Å². The van der Waals surface area contributed by atoms with Crippen LogP contribution < -0.4 is 9.47 Å². The predicted molar refractivity (Wildman–Crippen MR) is 129 cm³/mol. The SMILES string of the molecule is COc1ncnc(C2CC2)c1-c1ncc(C)c(OCc2ccc(-c3nc(C(F)(F)F)cn3CC(F)(F)F)cc2)n1. The molecule has 0 bridgehead atoms. The van der Waals surface area contributed by atoms with Gasteiger partial charge in [-0.1, -0.05) is 24.3 Å². The summed E-state index contributed by atoms with van der Waals surface area (Å²) in [6.45, 7) is 0.188. The second kappa shape index (κ2) is 10.4. The maximum absolute atomic E-state index is 13.1. The molecule has 210 valence electrons. The summed E-state index contributed by atoms with van der Waals surface area (Å²) >= 11 is 0. The molecule has 0 radical (unpaired) electrons. The van der Waals surface area contributed by atoms with Gasteiger partial charge in [0, 0.05) is 29.4 Å². The fourth-order valence-corrected chi connectivity index (χ4v) is 4.10. The van der Waals surface area contributed by atoms with Gasteiger partial charge in [0.25, 0.3) is 0 Å². The van der Waals surface area contributed by atoms with Gasteiger partial charge in [-0.05, 0) is 25.3 Å². The van der Waals surface area contributed by atoms with Crippen molar-refractivity contribution in [3.63, 3.8) is 0 Å². The molecule has 4 aromatic rings. The number of aryl methyl sites for hydroxylation is 1. The first-order valence-electron chi connectivity index (χ1n) is 12.1. The number of alkyl halides is 6. The normalized spacial score (nSPS) is 13.9. The van der Waals surface area contributed by atoms with Crippen LogP contribution in [0.15, 0.2) is 43.0 Å². The minimum Gasteiger partial charge on any atom is -0.480 e. The number of ether oxygens (including phenoxy) is 2. The average molecular weight is 564 g/mol. The minimum atomic E-state index is -4.89. The van der Waals surface area contributed by atoms with E-state index in [9.17, 15) is 26.3 Å². The van der Waals surface area contributed by atoms with Crippen molar-refractivity contribution in [1.82, 2.24) is 29.5 Å². The maximum atomic E-state index is 13.1. The first kappa shape index (κ1) is 27.3. The Labute approximate surface area is 224 Å². The molecule has 0 amide bonds. The smallest absolute Gasteiger partial charge is 0.434 e. The predicted octanol–water partition coefficient (Wildman–Crippen LogP) is 6.15. The number of halogens is 6. The van der Waals surface area contributed by atoms with Crippen LogP contribution in [0.3, 0.4) is 0 Å². The molecule has 1 aliphatic rings. The number of methoxy groups -OCH3 is 1. The summed E-state index contributed by atoms with van der Waals surface area (Å²) in [5.74, 6) is 0.807. The number of nitrogens with zero attached hydrogens (tertiary/aromatic N) is 6. The van der Waals surface area contributed by atoms with Gasteiger partial charge in [0.15, 0.2) is 11.5 Å². The molecule has 1 aliphatic carbocycles. The van der Waals surface area contributed by atoms with Gasteiger partial charge < -0.3 is 14.0 Å². The van der Waals surface area contributed by atoms with Crippen LogP contribution in [0.4, 0.5) is 26.3 Å². The third kappa shape index (κ3) is 6.00. The third-order valence-corrected chi connectivity index (χ3v) is 6.15. The molecule has 3 aromatic heterocycles. The van der Waals surface area contributed by atoms with Crippen molar-refractivity contribution < 1.29 is 35.8 Å². The summed E-state index contributed by atoms with van der Waals surface area (Å²) in [7, 11) is 1.50. The number of hydrogen-bond acceptors (Lipinski definition) is 7. The molecule has 0 spiro atoms. The molecule has 3 heterocycles. The fourth-order valence-electron chi connectivity index (χ4n) is 4.10. The lowest BCUT2D eigenvalue weighted by atomic mass is 10.1. The van der Waals surface area contributed by atoms with Crippen molar-refractivity contribution in [3.05, 3.63) is 65.5 Å². The largest absolute Gasteiger partial charge is 0.480 e. The van der Waals surface area contributed by atoms with Crippen LogP contribution in [-0.4, -0.2) is 42.8 Å². The molecule has 0 aliphatic heterocycles. The molecule has 0 saturated heterocycles. The number of hydrogen-bond donors (Lipinski definition) is 0. The summed E-state index contributed by atoms with van der Waals surface area (Å²) in [5.41, 5.74) is 1.34. The summed E-state index contributed by atoms with van der Waals surface area (Å²) in [5, 5.41) is 0. The number of benzene rings is 1. The molecule has 0 atom stereocenters. The van der Waals surface area contributed by atoms with Crippen LogP contribution >= 0.6 is 0 Å². The van der Waals surface area contributed by atoms with Crippen LogP contribution in [0, 0.1) is 6.92 Å². The quantitative estimate of drug-likeness (QED) is 0.237. The van der Waals surface area contributed by atoms with Gasteiger partial charge in [0.05, 0.1) is 12.8 Å². The zero-order chi connectivity index (χ0) is 28.7. The molecule has 1 fully saturated rings. The number of aromatic nitrogens is 6. The zero-order valence-corrected chi connectivity index (χ0v) is 21.2. The molecule has 5 rings (SSSR count). The monoisotopic (exact) mass is 564 g/mol. The highest BCUT2D eigenvalue weighted by Crippen LogP contribution is 2.45. The molecule has 0 unspecified atom stereocenters. The summed E-state index contributed by atoms with van der Waals surface area (Å²) in [6, 6.07) is 5.85. The summed E-state index contributed by atoms with van der Waals surface area (Å²) in [6.07, 6.45) is -4.23. The fraction of sp³-hybridized carbons (Fsp3) is 0.346. The number of rotatable bonds is 8. The Morgan fingerprint density at radius 3 is 2.30 bits per heavy atom. The first-order valence-corrected chi connectivity index (χ1v) is 12.1. The Morgan fingerprint density at radius 1 is 0.950 bits per heavy atom. The highest BCUT2D eigenvalue weighted by Gasteiger charge is 2.37. The van der Waals surface area contributed by atoms with E-state index in [2.05, 4.69) is 24.9 Å². The molecule has 1 aromatic carbocycles. The van der Waals surface area contributed by atoms with Crippen LogP contribution in [0.5, 0.6) is 11.8 Å². The van der Waals surface area contributed by atoms with Gasteiger partial charge in [-0.25, -0.2) is 19.9 Å². The lowest BCUT2D eigenvalue weighted by Gasteiger charge is -2.13. The lowest BCUT2D eigenvalue weighted by Crippen LogP contribution is -2.18. The maximum Gasteiger partial charge on any atom is 0.434 e. The highest BCUT2D eigenvalue weighted by atomic mass is 19.4. The Bertz CT molecular complexity index is 1510. The van der Waals surface area contributed by atoms with E-state index in [4.69, 9.17) is 9.47 Å². The topological polar surface area (TPSA) is 87.8 Å². The lowest BCUT2D eigenvalue weighted by molar-refractivity contribution is -0.144. The van der Waals surface area contributed by atoms with E-state index in [0.29, 0.717) is 39.2 Å². The van der Waals surface area contributed by atoms with E-state index in [0.717, 1.165) is 18.5 Å². The standard InChI is InChI=1S/C26H22F6N6O2/c1-14-9-33-21(19-20(16-7-8-16)34-13-35-24(19)39-2)37-23(14)40-11-15-3-5-17(6-4-15)22-36-18(26(30,31)32)10-38(22)12-25(27,28)29/h3-6,9-10,13,16H,7-8,11-12H2,1-2H3. The van der Waals surface area contributed by atoms with Crippen LogP contribution in [0.25, 0.3) is 22.8 Å². The van der Waals surface area contributed by atoms with Gasteiger partial charge in [-0.15, -0.1) is 0 Å². The first-order chi connectivity index (χ1) is 18.9. The van der Waals surface area contributed by atoms with Crippen LogP contribution in [0.1, 0.15) is 41.3 Å². The Balaban J connectivity index is 1.37. The molecular formula is C26H22F6N6O2. The Hall–Kier alpha value is -4.23. The van der Waals surface area contributed by atoms with Gasteiger partial charge in [-0.2, -0.15) is 31.3 Å². The van der Waals surface area contributed by atoms with Crippen molar-refractivity contribution >= 4 is 0 Å². The van der Waals surface area contributed by atoms with Gasteiger partial charge in [0.1, 0.15) is 30.9 Å². The Kier molecular flexibility index (Phi) is 7.10. The van der Waals surface area contributed by atoms with Crippen molar-refractivity contribution in [3.8, 4) is 34.5 Å². The van der Waals surface area contributed by atoms with Crippen LogP contribution in [0.2, 0.25) is 0 Å². The van der Waals surface area contributed by atoms with Crippen LogP contribution in [-0.2, 0) is 19.3 Å². The molecule has 8 nitrogen and oxygen atoms in total. The summed E-state index contributed by atoms with van der Waals surface area (Å²) in [4.78, 5) is 21.0. The average Bonchev–Trinajstić information content (AvgIpc) is 3.66. The van der Waals surface area contributed by atoms with Gasteiger partial charge in [0.2, 0.25) is 11.8 Å². The molecule has 1 saturated carbocycles. The molecule has 14 heteroatoms. The van der Waals surface area contributed by atoms with Gasteiger partial charge in [-0.3, -0.25) is 0 Å². The summed E-state index contributed by atoms with van der Waals surface area (Å²) < 4.78 is 90.1. The third-order valence-electron chi connectivity index (χ3n) is 6.15. The van der Waals surface area contributed by atoms with Crippen molar-refractivity contribution in [2.75, 3.05) is 7.11 Å². The van der Waals surface area contributed by atoms with E-state index in [1.165, 1.54) is 37.7 Å². The van der Waals surface area contributed by atoms with Crippen molar-refractivity contribution in [1.29, 1.82) is 0 Å². The Morgan fingerprint density at radius 2 is 1.68 bits per heavy atom. The molecule has 0 N–H and O–H groups in total. The van der Waals surface area contributed by atoms with E-state index in [1.54, 1.807) is 13.1 Å². The number of imidazole rings is 1. The van der Waals surface area contributed by atoms with E-state index in [1.807, 2.05) is 0 Å². The van der Waals surface area contributed by atoms with Crippen molar-refractivity contribution in [2.24, 2.45) is 0 Å². The zero-order valence-electron chi connectivity index (χ0n) is 21.2. The minimum absolute atomic E-state index is 0.0280. The second-order valence-electron chi connectivity index (χ2n) is 9.28. The van der Waals surface area contributed by atoms with Gasteiger partial charge >= 0.3 is 12.4 Å². The highest BCUT2D eigenvalue weighted by molar-refractivity contribution is 5.66. The van der Waals surface area contributed by atoms with E-state index in [-0.39, 0.29) is 24.0 Å². The molecule has 40 heavy (non-hydrogen) atoms. The van der Waals surface area contributed by atoms with E-state index >= 15 is 0 Å². The second-order valence-corrected chi connectivity index (χ2v) is 9.28. The van der Waals surface area contributed by atoms with E-state index < -0.39 is 30.4 Å². The molecular weight excluding hydrogens is 542 g/mol.